The Morgan fingerprint density at radius 1 is 0.892 bits per heavy atom. The number of hydrogen-bond acceptors (Lipinski definition) is 3. The van der Waals surface area contributed by atoms with E-state index in [4.69, 9.17) is 11.6 Å². The van der Waals surface area contributed by atoms with Gasteiger partial charge in [0.2, 0.25) is 0 Å². The predicted octanol–water partition coefficient (Wildman–Crippen LogP) is 7.26. The molecule has 37 heavy (non-hydrogen) atoms. The molecule has 190 valence electrons. The normalized spacial score (nSPS) is 12.1. The fourth-order valence-electron chi connectivity index (χ4n) is 3.34. The van der Waals surface area contributed by atoms with Gasteiger partial charge in [0.15, 0.2) is 0 Å². The van der Waals surface area contributed by atoms with E-state index in [2.05, 4.69) is 10.0 Å². The number of hydrogen-bond donors (Lipinski definition) is 3. The highest BCUT2D eigenvalue weighted by molar-refractivity contribution is 7.86. The van der Waals surface area contributed by atoms with E-state index in [1.54, 1.807) is 12.1 Å². The van der Waals surface area contributed by atoms with Crippen LogP contribution >= 0.6 is 11.6 Å². The maximum absolute atomic E-state index is 13.1. The molecule has 4 rings (SSSR count). The van der Waals surface area contributed by atoms with Gasteiger partial charge in [-0.3, -0.25) is 9.52 Å². The minimum atomic E-state index is -4.51. The minimum absolute atomic E-state index is 0.0748. The van der Waals surface area contributed by atoms with E-state index in [0.29, 0.717) is 11.1 Å². The molecule has 11 heteroatoms. The molecular weight excluding hydrogens is 532 g/mol. The van der Waals surface area contributed by atoms with Gasteiger partial charge in [0.25, 0.3) is 5.91 Å². The first-order chi connectivity index (χ1) is 17.5. The molecule has 0 aliphatic carbocycles. The van der Waals surface area contributed by atoms with Crippen LogP contribution in [0, 0.1) is 5.82 Å². The number of amides is 1. The average Bonchev–Trinajstić information content (AvgIpc) is 2.86. The Morgan fingerprint density at radius 3 is 2.19 bits per heavy atom. The first-order valence-corrected chi connectivity index (χ1v) is 12.1. The number of phenols is 1. The van der Waals surface area contributed by atoms with Crippen molar-refractivity contribution in [2.24, 2.45) is 0 Å². The number of benzene rings is 4. The summed E-state index contributed by atoms with van der Waals surface area (Å²) in [6.45, 7) is 0. The Labute approximate surface area is 216 Å². The first kappa shape index (κ1) is 26.2. The van der Waals surface area contributed by atoms with Gasteiger partial charge in [0.05, 0.1) is 16.1 Å². The van der Waals surface area contributed by atoms with Gasteiger partial charge >= 0.3 is 6.18 Å². The van der Waals surface area contributed by atoms with E-state index >= 15 is 0 Å². The highest BCUT2D eigenvalue weighted by Gasteiger charge is 2.31. The van der Waals surface area contributed by atoms with Crippen molar-refractivity contribution in [1.82, 2.24) is 0 Å². The van der Waals surface area contributed by atoms with E-state index < -0.39 is 34.4 Å². The number of alkyl halides is 3. The van der Waals surface area contributed by atoms with Crippen LogP contribution in [0.5, 0.6) is 5.75 Å². The molecule has 0 spiro atoms. The summed E-state index contributed by atoms with van der Waals surface area (Å²) in [4.78, 5) is 13.0. The number of carbonyl (C=O) groups excluding carboxylic acids is 1. The lowest BCUT2D eigenvalue weighted by Gasteiger charge is -2.12. The molecule has 1 amide bonds. The molecule has 0 radical (unpaired) electrons. The van der Waals surface area contributed by atoms with Crippen molar-refractivity contribution in [3.63, 3.8) is 0 Å². The van der Waals surface area contributed by atoms with E-state index in [1.807, 2.05) is 0 Å². The zero-order chi connectivity index (χ0) is 26.7. The summed E-state index contributed by atoms with van der Waals surface area (Å²) in [5.41, 5.74) is 0.662. The topological polar surface area (TPSA) is 78.4 Å². The monoisotopic (exact) mass is 548 g/mol. The van der Waals surface area contributed by atoms with E-state index in [9.17, 15) is 31.7 Å². The summed E-state index contributed by atoms with van der Waals surface area (Å²) in [5.74, 6) is -1.20. The van der Waals surface area contributed by atoms with Crippen LogP contribution in [-0.2, 0) is 17.2 Å². The van der Waals surface area contributed by atoms with Crippen molar-refractivity contribution < 1.29 is 31.7 Å². The Hall–Kier alpha value is -3.89. The number of aromatic hydroxyl groups is 1. The number of halogens is 5. The molecule has 4 aromatic carbocycles. The van der Waals surface area contributed by atoms with E-state index in [1.165, 1.54) is 48.5 Å². The van der Waals surface area contributed by atoms with Crippen LogP contribution in [0.15, 0.2) is 89.8 Å². The van der Waals surface area contributed by atoms with Crippen molar-refractivity contribution in [2.45, 2.75) is 11.1 Å². The third kappa shape index (κ3) is 6.28. The van der Waals surface area contributed by atoms with Crippen LogP contribution in [0.2, 0.25) is 5.02 Å². The number of nitrogens with one attached hydrogen (secondary N) is 2. The van der Waals surface area contributed by atoms with Crippen LogP contribution in [0.1, 0.15) is 15.9 Å². The molecule has 0 fully saturated rings. The van der Waals surface area contributed by atoms with Crippen LogP contribution in [0.3, 0.4) is 0 Å². The van der Waals surface area contributed by atoms with Gasteiger partial charge in [-0.2, -0.15) is 13.2 Å². The Morgan fingerprint density at radius 2 is 1.57 bits per heavy atom. The molecule has 4 aromatic rings. The molecule has 0 aliphatic rings. The molecule has 0 saturated carbocycles. The largest absolute Gasteiger partial charge is 0.506 e. The van der Waals surface area contributed by atoms with Crippen molar-refractivity contribution in [1.29, 1.82) is 0 Å². The molecule has 1 atom stereocenters. The van der Waals surface area contributed by atoms with E-state index in [0.717, 1.165) is 24.3 Å². The fourth-order valence-corrected chi connectivity index (χ4v) is 4.50. The smallest absolute Gasteiger partial charge is 0.416 e. The van der Waals surface area contributed by atoms with Crippen molar-refractivity contribution in [3.8, 4) is 16.9 Å². The lowest BCUT2D eigenvalue weighted by atomic mass is 10.0. The molecule has 0 saturated heterocycles. The quantitative estimate of drug-likeness (QED) is 0.135. The van der Waals surface area contributed by atoms with Crippen LogP contribution in [0.25, 0.3) is 11.1 Å². The summed E-state index contributed by atoms with van der Waals surface area (Å²) < 4.78 is 66.8. The number of rotatable bonds is 6. The van der Waals surface area contributed by atoms with Gasteiger partial charge in [0.1, 0.15) is 22.6 Å². The van der Waals surface area contributed by atoms with E-state index in [-0.39, 0.29) is 32.6 Å². The summed E-state index contributed by atoms with van der Waals surface area (Å²) in [5, 5.41) is 12.7. The second-order valence-electron chi connectivity index (χ2n) is 7.78. The minimum Gasteiger partial charge on any atom is -0.506 e. The molecule has 0 aromatic heterocycles. The number of carbonyl (C=O) groups is 1. The van der Waals surface area contributed by atoms with Crippen molar-refractivity contribution in [2.75, 3.05) is 10.0 Å². The summed E-state index contributed by atoms with van der Waals surface area (Å²) >= 11 is 6.05. The molecule has 0 bridgehead atoms. The lowest BCUT2D eigenvalue weighted by molar-refractivity contribution is -0.137. The fraction of sp³-hybridized carbons (Fsp3) is 0.0385. The molecule has 0 heterocycles. The summed E-state index contributed by atoms with van der Waals surface area (Å²) in [7, 11) is -1.80. The molecule has 1 unspecified atom stereocenters. The van der Waals surface area contributed by atoms with Gasteiger partial charge in [-0.1, -0.05) is 29.8 Å². The maximum atomic E-state index is 13.1. The standard InChI is InChI=1S/C26H17ClF4N2O3S/c27-22-13-17(26(29,30)31)5-11-21(22)15-1-3-16(4-2-15)25(35)32-19-8-12-24(34)23(14-19)33-37(36)20-9-6-18(28)7-10-20/h1-14,33-34H,(H,32,35). The average molecular weight is 549 g/mol. The highest BCUT2D eigenvalue weighted by Crippen LogP contribution is 2.36. The predicted molar refractivity (Wildman–Crippen MR) is 134 cm³/mol. The van der Waals surface area contributed by atoms with Crippen molar-refractivity contribution in [3.05, 3.63) is 107 Å². The number of phenolic OH excluding ortho intramolecular Hbond substituents is 1. The maximum Gasteiger partial charge on any atom is 0.416 e. The third-order valence-electron chi connectivity index (χ3n) is 5.24. The SMILES string of the molecule is O=C(Nc1ccc(O)c(NS(=O)c2ccc(F)cc2)c1)c1ccc(-c2ccc(C(F)(F)F)cc2Cl)cc1. The Bertz CT molecular complexity index is 1480. The second kappa shape index (κ2) is 10.6. The zero-order valence-electron chi connectivity index (χ0n) is 18.6. The van der Waals surface area contributed by atoms with Crippen LogP contribution in [-0.4, -0.2) is 15.2 Å². The number of anilines is 2. The van der Waals surface area contributed by atoms with Gasteiger partial charge in [-0.25, -0.2) is 8.60 Å². The third-order valence-corrected chi connectivity index (χ3v) is 6.66. The lowest BCUT2D eigenvalue weighted by Crippen LogP contribution is -2.12. The van der Waals surface area contributed by atoms with Crippen molar-refractivity contribution >= 4 is 39.9 Å². The first-order valence-electron chi connectivity index (χ1n) is 10.6. The van der Waals surface area contributed by atoms with Gasteiger partial charge < -0.3 is 10.4 Å². The molecule has 3 N–H and O–H groups in total. The van der Waals surface area contributed by atoms with Gasteiger partial charge in [0, 0.05) is 21.8 Å². The van der Waals surface area contributed by atoms with Gasteiger partial charge in [-0.15, -0.1) is 0 Å². The van der Waals surface area contributed by atoms with Crippen LogP contribution < -0.4 is 10.0 Å². The molecule has 0 aliphatic heterocycles. The van der Waals surface area contributed by atoms with Gasteiger partial charge in [-0.05, 0) is 72.3 Å². The molecular formula is C26H17ClF4N2O3S. The molecule has 5 nitrogen and oxygen atoms in total. The summed E-state index contributed by atoms with van der Waals surface area (Å²) in [6.07, 6.45) is -4.51. The Balaban J connectivity index is 1.47. The zero-order valence-corrected chi connectivity index (χ0v) is 20.2. The highest BCUT2D eigenvalue weighted by atomic mass is 35.5. The Kier molecular flexibility index (Phi) is 7.51. The summed E-state index contributed by atoms with van der Waals surface area (Å²) in [6, 6.07) is 18.2. The second-order valence-corrected chi connectivity index (χ2v) is 9.40. The van der Waals surface area contributed by atoms with Crippen LogP contribution in [0.4, 0.5) is 28.9 Å².